The van der Waals surface area contributed by atoms with Crippen LogP contribution in [-0.2, 0) is 19.1 Å². The van der Waals surface area contributed by atoms with Crippen molar-refractivity contribution in [1.29, 1.82) is 0 Å². The summed E-state index contributed by atoms with van der Waals surface area (Å²) < 4.78 is 4.51. The second-order valence-electron chi connectivity index (χ2n) is 3.59. The van der Waals surface area contributed by atoms with E-state index in [9.17, 15) is 14.4 Å². The smallest absolute Gasteiger partial charge is 0.330 e. The zero-order chi connectivity index (χ0) is 12.1. The van der Waals surface area contributed by atoms with Crippen LogP contribution in [0, 0.1) is 5.92 Å². The Morgan fingerprint density at radius 3 is 2.69 bits per heavy atom. The normalized spacial score (nSPS) is 21.2. The number of hydrogen-bond acceptors (Lipinski definition) is 6. The number of carbonyl (C=O) groups excluding carboxylic acids is 3. The fraction of sp³-hybridized carbons (Fsp3) is 0.667. The number of ether oxygens (including phenoxy) is 1. The quantitative estimate of drug-likeness (QED) is 0.247. The van der Waals surface area contributed by atoms with E-state index in [4.69, 9.17) is 5.21 Å². The molecular weight excluding hydrogens is 216 g/mol. The van der Waals surface area contributed by atoms with Gasteiger partial charge in [0.1, 0.15) is 12.0 Å². The summed E-state index contributed by atoms with van der Waals surface area (Å²) in [7, 11) is 0. The van der Waals surface area contributed by atoms with Gasteiger partial charge in [0.05, 0.1) is 0 Å². The summed E-state index contributed by atoms with van der Waals surface area (Å²) >= 11 is 0. The fourth-order valence-corrected chi connectivity index (χ4v) is 1.35. The van der Waals surface area contributed by atoms with E-state index in [1.54, 1.807) is 0 Å². The van der Waals surface area contributed by atoms with E-state index >= 15 is 0 Å². The Hall–Kier alpha value is -1.47. The predicted octanol–water partition coefficient (Wildman–Crippen LogP) is -1.05. The van der Waals surface area contributed by atoms with Crippen molar-refractivity contribution in [2.24, 2.45) is 5.92 Å². The largest absolute Gasteiger partial charge is 0.391 e. The second-order valence-corrected chi connectivity index (χ2v) is 3.59. The van der Waals surface area contributed by atoms with Crippen LogP contribution in [-0.4, -0.2) is 35.6 Å². The van der Waals surface area contributed by atoms with Crippen LogP contribution in [0.15, 0.2) is 0 Å². The van der Waals surface area contributed by atoms with Crippen LogP contribution in [0.3, 0.4) is 0 Å². The van der Waals surface area contributed by atoms with Gasteiger partial charge in [0.25, 0.3) is 5.91 Å². The van der Waals surface area contributed by atoms with E-state index in [1.807, 2.05) is 0 Å². The summed E-state index contributed by atoms with van der Waals surface area (Å²) in [5, 5.41) is 11.2. The van der Waals surface area contributed by atoms with Crippen molar-refractivity contribution in [3.63, 3.8) is 0 Å². The van der Waals surface area contributed by atoms with Gasteiger partial charge in [-0.3, -0.25) is 14.8 Å². The van der Waals surface area contributed by atoms with Crippen molar-refractivity contribution >= 4 is 17.8 Å². The summed E-state index contributed by atoms with van der Waals surface area (Å²) in [4.78, 5) is 33.5. The lowest BCUT2D eigenvalue weighted by molar-refractivity contribution is -0.165. The summed E-state index contributed by atoms with van der Waals surface area (Å²) in [5.74, 6) is -3.77. The highest BCUT2D eigenvalue weighted by Gasteiger charge is 2.29. The van der Waals surface area contributed by atoms with Crippen LogP contribution in [0.4, 0.5) is 0 Å². The number of carbonyl (C=O) groups is 3. The topological polar surface area (TPSA) is 105 Å². The molecule has 0 aromatic heterocycles. The van der Waals surface area contributed by atoms with Crippen molar-refractivity contribution in [3.8, 4) is 0 Å². The first-order chi connectivity index (χ1) is 7.56. The monoisotopic (exact) mass is 230 g/mol. The van der Waals surface area contributed by atoms with Gasteiger partial charge in [-0.25, -0.2) is 10.3 Å². The minimum atomic E-state index is -1.21. The van der Waals surface area contributed by atoms with Crippen LogP contribution in [0.2, 0.25) is 0 Å². The van der Waals surface area contributed by atoms with Crippen LogP contribution >= 0.6 is 0 Å². The molecule has 1 saturated heterocycles. The Balaban J connectivity index is 2.44. The van der Waals surface area contributed by atoms with Gasteiger partial charge in [0.2, 0.25) is 0 Å². The minimum Gasteiger partial charge on any atom is -0.391 e. The summed E-state index contributed by atoms with van der Waals surface area (Å²) in [6.45, 7) is 1.95. The van der Waals surface area contributed by atoms with E-state index in [-0.39, 0.29) is 0 Å². The van der Waals surface area contributed by atoms with Crippen molar-refractivity contribution in [1.82, 2.24) is 10.8 Å². The Kier molecular flexibility index (Phi) is 4.39. The molecule has 0 radical (unpaired) electrons. The number of nitrogens with one attached hydrogen (secondary N) is 2. The molecule has 3 N–H and O–H groups in total. The number of amides is 1. The first kappa shape index (κ1) is 12.6. The molecule has 0 aromatic rings. The number of esters is 2. The van der Waals surface area contributed by atoms with Crippen LogP contribution in [0.1, 0.15) is 19.8 Å². The molecule has 1 fully saturated rings. The molecule has 7 nitrogen and oxygen atoms in total. The zero-order valence-corrected chi connectivity index (χ0v) is 8.86. The third kappa shape index (κ3) is 3.01. The van der Waals surface area contributed by atoms with Crippen molar-refractivity contribution in [2.75, 3.05) is 6.54 Å². The molecule has 1 amide bonds. The maximum atomic E-state index is 11.4. The van der Waals surface area contributed by atoms with Gasteiger partial charge >= 0.3 is 11.9 Å². The van der Waals surface area contributed by atoms with Gasteiger partial charge in [-0.05, 0) is 26.3 Å². The van der Waals surface area contributed by atoms with E-state index in [0.29, 0.717) is 13.0 Å². The Morgan fingerprint density at radius 1 is 1.50 bits per heavy atom. The number of rotatable bonds is 3. The Labute approximate surface area is 92.1 Å². The van der Waals surface area contributed by atoms with Gasteiger partial charge in [-0.2, -0.15) is 0 Å². The molecular formula is C9H14N2O5. The summed E-state index contributed by atoms with van der Waals surface area (Å²) in [6, 6.07) is -0.478. The average molecular weight is 230 g/mol. The summed E-state index contributed by atoms with van der Waals surface area (Å²) in [6.07, 6.45) is 1.47. The fourth-order valence-electron chi connectivity index (χ4n) is 1.35. The third-order valence-corrected chi connectivity index (χ3v) is 2.40. The van der Waals surface area contributed by atoms with Gasteiger partial charge in [0.15, 0.2) is 0 Å². The Bertz CT molecular complexity index is 298. The molecule has 0 aromatic carbocycles. The highest BCUT2D eigenvalue weighted by molar-refractivity contribution is 6.01. The molecule has 7 heteroatoms. The highest BCUT2D eigenvalue weighted by Crippen LogP contribution is 2.08. The minimum absolute atomic E-state index is 0.478. The van der Waals surface area contributed by atoms with Crippen molar-refractivity contribution in [3.05, 3.63) is 0 Å². The molecule has 16 heavy (non-hydrogen) atoms. The van der Waals surface area contributed by atoms with Crippen LogP contribution in [0.5, 0.6) is 0 Å². The summed E-state index contributed by atoms with van der Waals surface area (Å²) in [5.41, 5.74) is 1.32. The van der Waals surface area contributed by atoms with E-state index in [1.165, 1.54) is 12.4 Å². The van der Waals surface area contributed by atoms with Crippen molar-refractivity contribution in [2.45, 2.75) is 25.8 Å². The van der Waals surface area contributed by atoms with Gasteiger partial charge in [0, 0.05) is 0 Å². The van der Waals surface area contributed by atoms with E-state index in [2.05, 4.69) is 10.1 Å². The maximum Gasteiger partial charge on any atom is 0.330 e. The van der Waals surface area contributed by atoms with Crippen molar-refractivity contribution < 1.29 is 24.3 Å². The molecule has 1 aliphatic heterocycles. The highest BCUT2D eigenvalue weighted by atomic mass is 16.6. The molecule has 90 valence electrons. The predicted molar refractivity (Wildman–Crippen MR) is 51.2 cm³/mol. The first-order valence-electron chi connectivity index (χ1n) is 4.99. The number of hydroxylamine groups is 1. The second kappa shape index (κ2) is 5.57. The molecule has 1 aliphatic rings. The number of hydrogen-bond donors (Lipinski definition) is 3. The molecule has 0 saturated carbocycles. The third-order valence-electron chi connectivity index (χ3n) is 2.40. The molecule has 1 unspecified atom stereocenters. The lowest BCUT2D eigenvalue weighted by atomic mass is 10.2. The lowest BCUT2D eigenvalue weighted by Gasteiger charge is -2.11. The average Bonchev–Trinajstić information content (AvgIpc) is 2.80. The van der Waals surface area contributed by atoms with Crippen LogP contribution in [0.25, 0.3) is 0 Å². The maximum absolute atomic E-state index is 11.4. The van der Waals surface area contributed by atoms with E-state index < -0.39 is 29.8 Å². The molecule has 1 rings (SSSR count). The molecule has 1 heterocycles. The molecule has 0 bridgehead atoms. The zero-order valence-electron chi connectivity index (χ0n) is 8.86. The van der Waals surface area contributed by atoms with Crippen LogP contribution < -0.4 is 10.8 Å². The van der Waals surface area contributed by atoms with Gasteiger partial charge in [-0.15, -0.1) is 0 Å². The van der Waals surface area contributed by atoms with Gasteiger partial charge < -0.3 is 10.1 Å². The lowest BCUT2D eigenvalue weighted by Crippen LogP contribution is -2.38. The standard InChI is InChI=1S/C9H14N2O5/c1-5(7(12)11-15)8(13)16-9(14)6-3-2-4-10-6/h5-6,10,15H,2-4H2,1H3,(H,11,12)/t5?,6-/m0/s1. The molecule has 0 aliphatic carbocycles. The molecule has 0 spiro atoms. The SMILES string of the molecule is CC(C(=O)NO)C(=O)OC(=O)[C@@H]1CCCN1. The Morgan fingerprint density at radius 2 is 2.19 bits per heavy atom. The van der Waals surface area contributed by atoms with E-state index in [0.717, 1.165) is 6.42 Å². The molecule has 2 atom stereocenters. The van der Waals surface area contributed by atoms with Gasteiger partial charge in [-0.1, -0.05) is 0 Å². The first-order valence-corrected chi connectivity index (χ1v) is 4.99.